The van der Waals surface area contributed by atoms with Gasteiger partial charge >= 0.3 is 0 Å². The van der Waals surface area contributed by atoms with E-state index in [1.807, 2.05) is 66.7 Å². The Morgan fingerprint density at radius 1 is 0.349 bits per heavy atom. The average Bonchev–Trinajstić information content (AvgIpc) is 3.49. The molecule has 0 aliphatic carbocycles. The average molecular weight is 552 g/mol. The molecule has 0 N–H and O–H groups in total. The highest BCUT2D eigenvalue weighted by Gasteiger charge is 2.19. The number of para-hydroxylation sites is 1. The lowest BCUT2D eigenvalue weighted by atomic mass is 10.0. The number of furan rings is 1. The number of nitrogens with zero attached hydrogens (tertiary/aromatic N) is 3. The Labute approximate surface area is 249 Å². The first-order valence-corrected chi connectivity index (χ1v) is 14.3. The van der Waals surface area contributed by atoms with Crippen LogP contribution in [-0.2, 0) is 0 Å². The van der Waals surface area contributed by atoms with Crippen molar-refractivity contribution in [3.63, 3.8) is 0 Å². The van der Waals surface area contributed by atoms with Crippen LogP contribution in [0.25, 0.3) is 78.4 Å². The SMILES string of the molecule is c1ccc(-c2ccc(-c3nc(-c4ccccc4)nc(-c4cccc5oc6c(-c7ccccc7)cccc6c45)n3)cc2)cc1. The Bertz CT molecular complexity index is 2210. The zero-order chi connectivity index (χ0) is 28.6. The summed E-state index contributed by atoms with van der Waals surface area (Å²) in [5.74, 6) is 1.86. The smallest absolute Gasteiger partial charge is 0.164 e. The summed E-state index contributed by atoms with van der Waals surface area (Å²) in [5, 5.41) is 2.02. The number of rotatable bonds is 5. The zero-order valence-corrected chi connectivity index (χ0v) is 23.2. The van der Waals surface area contributed by atoms with Gasteiger partial charge in [-0.1, -0.05) is 146 Å². The molecule has 0 fully saturated rings. The minimum atomic E-state index is 0.606. The lowest BCUT2D eigenvalue weighted by Gasteiger charge is -2.10. The highest BCUT2D eigenvalue weighted by atomic mass is 16.3. The Kier molecular flexibility index (Phi) is 6.08. The van der Waals surface area contributed by atoms with Gasteiger partial charge in [-0.2, -0.15) is 0 Å². The minimum Gasteiger partial charge on any atom is -0.455 e. The van der Waals surface area contributed by atoms with Crippen molar-refractivity contribution in [2.24, 2.45) is 0 Å². The van der Waals surface area contributed by atoms with Gasteiger partial charge in [-0.3, -0.25) is 0 Å². The predicted octanol–water partition coefficient (Wildman–Crippen LogP) is 10.1. The van der Waals surface area contributed by atoms with Crippen LogP contribution in [-0.4, -0.2) is 15.0 Å². The molecule has 0 amide bonds. The second-order valence-electron chi connectivity index (χ2n) is 10.4. The summed E-state index contributed by atoms with van der Waals surface area (Å²) in [6, 6.07) is 51.5. The first-order valence-electron chi connectivity index (χ1n) is 14.3. The summed E-state index contributed by atoms with van der Waals surface area (Å²) >= 11 is 0. The molecule has 0 bridgehead atoms. The van der Waals surface area contributed by atoms with E-state index in [1.165, 1.54) is 5.56 Å². The third-order valence-corrected chi connectivity index (χ3v) is 7.77. The molecule has 202 valence electrons. The lowest BCUT2D eigenvalue weighted by molar-refractivity contribution is 0.670. The number of fused-ring (bicyclic) bond motifs is 3. The van der Waals surface area contributed by atoms with Crippen molar-refractivity contribution < 1.29 is 4.42 Å². The molecule has 0 saturated carbocycles. The van der Waals surface area contributed by atoms with Crippen LogP contribution in [0.5, 0.6) is 0 Å². The molecule has 2 heterocycles. The molecule has 43 heavy (non-hydrogen) atoms. The Morgan fingerprint density at radius 3 is 1.51 bits per heavy atom. The van der Waals surface area contributed by atoms with Crippen molar-refractivity contribution in [3.05, 3.63) is 152 Å². The van der Waals surface area contributed by atoms with E-state index in [1.54, 1.807) is 0 Å². The summed E-state index contributed by atoms with van der Waals surface area (Å²) in [6.45, 7) is 0. The van der Waals surface area contributed by atoms with Crippen LogP contribution in [0.1, 0.15) is 0 Å². The number of benzene rings is 6. The molecule has 0 radical (unpaired) electrons. The molecule has 4 nitrogen and oxygen atoms in total. The van der Waals surface area contributed by atoms with Gasteiger partial charge < -0.3 is 4.42 Å². The maximum atomic E-state index is 6.51. The van der Waals surface area contributed by atoms with Gasteiger partial charge in [-0.15, -0.1) is 0 Å². The van der Waals surface area contributed by atoms with Gasteiger partial charge in [0.2, 0.25) is 0 Å². The normalized spacial score (nSPS) is 11.3. The van der Waals surface area contributed by atoms with E-state index in [2.05, 4.69) is 84.9 Å². The van der Waals surface area contributed by atoms with Crippen LogP contribution in [0.3, 0.4) is 0 Å². The van der Waals surface area contributed by atoms with Crippen molar-refractivity contribution in [3.8, 4) is 56.4 Å². The Morgan fingerprint density at radius 2 is 0.837 bits per heavy atom. The van der Waals surface area contributed by atoms with Gasteiger partial charge in [-0.05, 0) is 22.8 Å². The quantitative estimate of drug-likeness (QED) is 0.214. The molecule has 2 aromatic heterocycles. The molecule has 4 heteroatoms. The van der Waals surface area contributed by atoms with E-state index < -0.39 is 0 Å². The Hall–Kier alpha value is -5.87. The standard InChI is InChI=1S/C39H25N3O/c1-4-12-26(13-5-1)27-22-24-30(25-23-27)38-40-37(29-16-8-3-9-17-29)41-39(42-38)33-20-11-21-34-35(33)32-19-10-18-31(36(32)43-34)28-14-6-2-7-15-28/h1-25H. The van der Waals surface area contributed by atoms with Gasteiger partial charge in [-0.25, -0.2) is 15.0 Å². The van der Waals surface area contributed by atoms with E-state index >= 15 is 0 Å². The van der Waals surface area contributed by atoms with E-state index in [9.17, 15) is 0 Å². The highest BCUT2D eigenvalue weighted by molar-refractivity contribution is 6.14. The molecule has 0 aliphatic heterocycles. The Balaban J connectivity index is 1.32. The fourth-order valence-corrected chi connectivity index (χ4v) is 5.66. The second-order valence-corrected chi connectivity index (χ2v) is 10.4. The van der Waals surface area contributed by atoms with Crippen LogP contribution in [0.15, 0.2) is 156 Å². The van der Waals surface area contributed by atoms with E-state index in [-0.39, 0.29) is 0 Å². The zero-order valence-electron chi connectivity index (χ0n) is 23.2. The third-order valence-electron chi connectivity index (χ3n) is 7.77. The van der Waals surface area contributed by atoms with Crippen LogP contribution in [0.4, 0.5) is 0 Å². The van der Waals surface area contributed by atoms with Crippen molar-refractivity contribution in [2.45, 2.75) is 0 Å². The molecule has 6 aromatic carbocycles. The van der Waals surface area contributed by atoms with Gasteiger partial charge in [0.25, 0.3) is 0 Å². The molecular formula is C39H25N3O. The van der Waals surface area contributed by atoms with Crippen molar-refractivity contribution >= 4 is 21.9 Å². The number of hydrogen-bond donors (Lipinski definition) is 0. The molecule has 0 saturated heterocycles. The fourth-order valence-electron chi connectivity index (χ4n) is 5.66. The number of hydrogen-bond acceptors (Lipinski definition) is 4. The molecule has 8 aromatic rings. The summed E-state index contributed by atoms with van der Waals surface area (Å²) < 4.78 is 6.51. The molecular weight excluding hydrogens is 526 g/mol. The highest BCUT2D eigenvalue weighted by Crippen LogP contribution is 2.40. The van der Waals surface area contributed by atoms with Crippen molar-refractivity contribution in [1.29, 1.82) is 0 Å². The fraction of sp³-hybridized carbons (Fsp3) is 0. The van der Waals surface area contributed by atoms with Crippen molar-refractivity contribution in [1.82, 2.24) is 15.0 Å². The summed E-state index contributed by atoms with van der Waals surface area (Å²) in [7, 11) is 0. The molecule has 0 unspecified atom stereocenters. The topological polar surface area (TPSA) is 51.8 Å². The first kappa shape index (κ1) is 24.9. The van der Waals surface area contributed by atoms with Crippen LogP contribution in [0, 0.1) is 0 Å². The van der Waals surface area contributed by atoms with E-state index in [4.69, 9.17) is 19.4 Å². The van der Waals surface area contributed by atoms with Gasteiger partial charge in [0.05, 0.1) is 0 Å². The maximum absolute atomic E-state index is 6.51. The van der Waals surface area contributed by atoms with Crippen LogP contribution >= 0.6 is 0 Å². The maximum Gasteiger partial charge on any atom is 0.164 e. The van der Waals surface area contributed by atoms with Crippen LogP contribution in [0.2, 0.25) is 0 Å². The van der Waals surface area contributed by atoms with Crippen molar-refractivity contribution in [2.75, 3.05) is 0 Å². The number of aromatic nitrogens is 3. The largest absolute Gasteiger partial charge is 0.455 e. The summed E-state index contributed by atoms with van der Waals surface area (Å²) in [5.41, 5.74) is 8.90. The van der Waals surface area contributed by atoms with Gasteiger partial charge in [0.15, 0.2) is 17.5 Å². The van der Waals surface area contributed by atoms with Gasteiger partial charge in [0, 0.05) is 33.0 Å². The van der Waals surface area contributed by atoms with E-state index in [0.29, 0.717) is 17.5 Å². The molecule has 0 aliphatic rings. The summed E-state index contributed by atoms with van der Waals surface area (Å²) in [6.07, 6.45) is 0. The predicted molar refractivity (Wildman–Crippen MR) is 174 cm³/mol. The molecule has 8 rings (SSSR count). The first-order chi connectivity index (χ1) is 21.3. The second kappa shape index (κ2) is 10.5. The third kappa shape index (κ3) is 4.55. The monoisotopic (exact) mass is 551 g/mol. The van der Waals surface area contributed by atoms with Gasteiger partial charge in [0.1, 0.15) is 11.2 Å². The molecule has 0 atom stereocenters. The minimum absolute atomic E-state index is 0.606. The molecule has 0 spiro atoms. The van der Waals surface area contributed by atoms with Crippen LogP contribution < -0.4 is 0 Å². The van der Waals surface area contributed by atoms with E-state index in [0.717, 1.165) is 55.3 Å². The lowest BCUT2D eigenvalue weighted by Crippen LogP contribution is -2.00. The summed E-state index contributed by atoms with van der Waals surface area (Å²) in [4.78, 5) is 15.0.